The van der Waals surface area contributed by atoms with Gasteiger partial charge in [0.2, 0.25) is 0 Å². The molecule has 0 saturated heterocycles. The summed E-state index contributed by atoms with van der Waals surface area (Å²) >= 11 is 3.17. The number of hydrogen-bond donors (Lipinski definition) is 2. The molecule has 0 spiro atoms. The van der Waals surface area contributed by atoms with E-state index in [2.05, 4.69) is 21.2 Å². The van der Waals surface area contributed by atoms with Crippen LogP contribution in [-0.2, 0) is 4.79 Å². The summed E-state index contributed by atoms with van der Waals surface area (Å²) in [6.07, 6.45) is 0. The van der Waals surface area contributed by atoms with E-state index in [1.165, 1.54) is 6.07 Å². The summed E-state index contributed by atoms with van der Waals surface area (Å²) in [5.41, 5.74) is 0.973. The molecule has 2 aromatic rings. The van der Waals surface area contributed by atoms with Gasteiger partial charge in [-0.1, -0.05) is 46.3 Å². The second kappa shape index (κ2) is 6.52. The lowest BCUT2D eigenvalue weighted by molar-refractivity contribution is -0.138. The summed E-state index contributed by atoms with van der Waals surface area (Å²) in [5, 5.41) is 12.1. The first kappa shape index (κ1) is 14.5. The van der Waals surface area contributed by atoms with Gasteiger partial charge in [-0.25, -0.2) is 4.39 Å². The van der Waals surface area contributed by atoms with Gasteiger partial charge in [0.15, 0.2) is 0 Å². The van der Waals surface area contributed by atoms with Crippen LogP contribution in [-0.4, -0.2) is 17.6 Å². The maximum atomic E-state index is 13.7. The van der Waals surface area contributed by atoms with E-state index in [0.29, 0.717) is 10.0 Å². The number of benzene rings is 2. The molecule has 0 aliphatic rings. The number of carboxylic acid groups (broad SMARTS) is 1. The predicted molar refractivity (Wildman–Crippen MR) is 79.4 cm³/mol. The minimum absolute atomic E-state index is 0.123. The first-order valence-electron chi connectivity index (χ1n) is 6.04. The number of halogens is 2. The predicted octanol–water partition coefficient (Wildman–Crippen LogP) is 3.87. The maximum Gasteiger partial charge on any atom is 0.312 e. The van der Waals surface area contributed by atoms with Crippen molar-refractivity contribution in [3.05, 3.63) is 64.4 Å². The fourth-order valence-corrected chi connectivity index (χ4v) is 2.21. The highest BCUT2D eigenvalue weighted by Crippen LogP contribution is 2.21. The molecule has 104 valence electrons. The third kappa shape index (κ3) is 3.57. The van der Waals surface area contributed by atoms with E-state index in [4.69, 9.17) is 0 Å². The smallest absolute Gasteiger partial charge is 0.312 e. The molecule has 0 fully saturated rings. The third-order valence-corrected chi connectivity index (χ3v) is 3.42. The highest BCUT2D eigenvalue weighted by atomic mass is 79.9. The molecular formula is C15H13BrFNO2. The lowest BCUT2D eigenvalue weighted by Gasteiger charge is -2.15. The summed E-state index contributed by atoms with van der Waals surface area (Å²) in [6, 6.07) is 13.5. The van der Waals surface area contributed by atoms with Crippen LogP contribution in [0.1, 0.15) is 11.5 Å². The van der Waals surface area contributed by atoms with Crippen molar-refractivity contribution in [3.8, 4) is 0 Å². The van der Waals surface area contributed by atoms with Crippen molar-refractivity contribution in [1.82, 2.24) is 0 Å². The Morgan fingerprint density at radius 1 is 1.25 bits per heavy atom. The third-order valence-electron chi connectivity index (χ3n) is 2.93. The van der Waals surface area contributed by atoms with Gasteiger partial charge >= 0.3 is 5.97 Å². The van der Waals surface area contributed by atoms with Gasteiger partial charge in [0.25, 0.3) is 0 Å². The minimum Gasteiger partial charge on any atom is -0.481 e. The van der Waals surface area contributed by atoms with Crippen LogP contribution in [0.5, 0.6) is 0 Å². The molecular weight excluding hydrogens is 325 g/mol. The van der Waals surface area contributed by atoms with Crippen molar-refractivity contribution in [3.63, 3.8) is 0 Å². The van der Waals surface area contributed by atoms with Gasteiger partial charge in [0.05, 0.1) is 11.6 Å². The van der Waals surface area contributed by atoms with Gasteiger partial charge in [-0.15, -0.1) is 0 Å². The summed E-state index contributed by atoms with van der Waals surface area (Å²) < 4.78 is 14.3. The normalized spacial score (nSPS) is 11.9. The summed E-state index contributed by atoms with van der Waals surface area (Å²) in [6.45, 7) is 0.123. The first-order chi connectivity index (χ1) is 9.58. The molecule has 2 rings (SSSR count). The topological polar surface area (TPSA) is 49.3 Å². The van der Waals surface area contributed by atoms with Gasteiger partial charge in [0.1, 0.15) is 5.82 Å². The number of aliphatic carboxylic acids is 1. The fraction of sp³-hybridized carbons (Fsp3) is 0.133. The zero-order valence-corrected chi connectivity index (χ0v) is 12.1. The molecule has 0 radical (unpaired) electrons. The second-order valence-corrected chi connectivity index (χ2v) is 5.22. The highest BCUT2D eigenvalue weighted by Gasteiger charge is 2.19. The molecule has 3 nitrogen and oxygen atoms in total. The Balaban J connectivity index is 2.12. The number of anilines is 1. The summed E-state index contributed by atoms with van der Waals surface area (Å²) in [7, 11) is 0. The van der Waals surface area contributed by atoms with E-state index in [0.717, 1.165) is 0 Å². The molecule has 0 aromatic heterocycles. The van der Waals surface area contributed by atoms with Crippen LogP contribution in [0, 0.1) is 5.82 Å². The molecule has 20 heavy (non-hydrogen) atoms. The zero-order chi connectivity index (χ0) is 14.5. The van der Waals surface area contributed by atoms with E-state index in [9.17, 15) is 14.3 Å². The molecule has 0 aliphatic heterocycles. The van der Waals surface area contributed by atoms with Crippen LogP contribution in [0.2, 0.25) is 0 Å². The van der Waals surface area contributed by atoms with E-state index in [1.807, 2.05) is 6.07 Å². The van der Waals surface area contributed by atoms with E-state index in [-0.39, 0.29) is 12.2 Å². The average molecular weight is 338 g/mol. The number of carboxylic acids is 1. The van der Waals surface area contributed by atoms with E-state index in [1.54, 1.807) is 36.4 Å². The number of rotatable bonds is 5. The van der Waals surface area contributed by atoms with Gasteiger partial charge in [-0.2, -0.15) is 0 Å². The van der Waals surface area contributed by atoms with E-state index < -0.39 is 17.7 Å². The summed E-state index contributed by atoms with van der Waals surface area (Å²) in [5.74, 6) is -2.09. The lowest BCUT2D eigenvalue weighted by atomic mass is 9.99. The van der Waals surface area contributed by atoms with Crippen molar-refractivity contribution >= 4 is 27.6 Å². The molecule has 0 bridgehead atoms. The molecule has 0 aliphatic carbocycles. The van der Waals surface area contributed by atoms with Crippen LogP contribution in [0.15, 0.2) is 53.0 Å². The quantitative estimate of drug-likeness (QED) is 0.870. The Morgan fingerprint density at radius 3 is 2.55 bits per heavy atom. The van der Waals surface area contributed by atoms with Crippen LogP contribution in [0.25, 0.3) is 0 Å². The second-order valence-electron chi connectivity index (χ2n) is 4.31. The first-order valence-corrected chi connectivity index (χ1v) is 6.84. The SMILES string of the molecule is O=C(O)C(CNc1ccc(Br)cc1F)c1ccccc1. The Kier molecular flexibility index (Phi) is 4.74. The van der Waals surface area contributed by atoms with E-state index >= 15 is 0 Å². The van der Waals surface area contributed by atoms with Crippen LogP contribution < -0.4 is 5.32 Å². The minimum atomic E-state index is -0.943. The summed E-state index contributed by atoms with van der Waals surface area (Å²) in [4.78, 5) is 11.3. The monoisotopic (exact) mass is 337 g/mol. The van der Waals surface area contributed by atoms with Gasteiger partial charge in [-0.05, 0) is 23.8 Å². The Morgan fingerprint density at radius 2 is 1.95 bits per heavy atom. The van der Waals surface area contributed by atoms with Gasteiger partial charge in [-0.3, -0.25) is 4.79 Å². The van der Waals surface area contributed by atoms with Crippen LogP contribution in [0.3, 0.4) is 0 Å². The molecule has 2 N–H and O–H groups in total. The Bertz CT molecular complexity index is 604. The average Bonchev–Trinajstić information content (AvgIpc) is 2.42. The van der Waals surface area contributed by atoms with Crippen molar-refractivity contribution in [1.29, 1.82) is 0 Å². The Hall–Kier alpha value is -1.88. The molecule has 5 heteroatoms. The molecule has 0 saturated carbocycles. The van der Waals surface area contributed by atoms with Gasteiger partial charge < -0.3 is 10.4 Å². The van der Waals surface area contributed by atoms with Crippen molar-refractivity contribution < 1.29 is 14.3 Å². The largest absolute Gasteiger partial charge is 0.481 e. The fourth-order valence-electron chi connectivity index (χ4n) is 1.88. The maximum absolute atomic E-state index is 13.7. The van der Waals surface area contributed by atoms with Crippen molar-refractivity contribution in [2.75, 3.05) is 11.9 Å². The van der Waals surface area contributed by atoms with Crippen LogP contribution in [0.4, 0.5) is 10.1 Å². The Labute approximate surface area is 124 Å². The molecule has 1 unspecified atom stereocenters. The molecule has 0 amide bonds. The molecule has 0 heterocycles. The van der Waals surface area contributed by atoms with Crippen molar-refractivity contribution in [2.24, 2.45) is 0 Å². The number of nitrogens with one attached hydrogen (secondary N) is 1. The standard InChI is InChI=1S/C15H13BrFNO2/c16-11-6-7-14(13(17)8-11)18-9-12(15(19)20)10-4-2-1-3-5-10/h1-8,12,18H,9H2,(H,19,20). The highest BCUT2D eigenvalue weighted by molar-refractivity contribution is 9.10. The molecule has 1 atom stereocenters. The zero-order valence-electron chi connectivity index (χ0n) is 10.5. The van der Waals surface area contributed by atoms with Crippen molar-refractivity contribution in [2.45, 2.75) is 5.92 Å². The number of hydrogen-bond acceptors (Lipinski definition) is 2. The lowest BCUT2D eigenvalue weighted by Crippen LogP contribution is -2.21. The van der Waals surface area contributed by atoms with Gasteiger partial charge in [0, 0.05) is 11.0 Å². The number of carbonyl (C=O) groups is 1. The van der Waals surface area contributed by atoms with Crippen LogP contribution >= 0.6 is 15.9 Å². The molecule has 2 aromatic carbocycles.